The standard InChI is InChI=1S/C31H50FN4O17P/c1-16(2)21(33)23(38)51-25-30(9,52-24(39)22(34)17(3)4)26(36-11-10-20(37)35-27(36)40)53-31(25,12-32)13-46-54(43,47-14-44-28(41)49-18(5)6)48-15-45-29(42)50-19(7)8/h10-11,16-19,21-22,25-26H,12-15,33-34H2,1-9H3,(H,35,37,40)/t21?,22?,25-,26+,30+,31+/m0/s1. The number of phosphoric acid groups is 1. The molecule has 5 N–H and O–H groups in total. The zero-order valence-electron chi connectivity index (χ0n) is 31.5. The molecule has 1 fully saturated rings. The number of nitrogens with one attached hydrogen (secondary N) is 1. The lowest BCUT2D eigenvalue weighted by Gasteiger charge is -2.38. The van der Waals surface area contributed by atoms with E-state index in [9.17, 15) is 33.3 Å². The van der Waals surface area contributed by atoms with Crippen LogP contribution in [0.2, 0.25) is 0 Å². The quantitative estimate of drug-likeness (QED) is 0.0782. The fourth-order valence-electron chi connectivity index (χ4n) is 4.63. The van der Waals surface area contributed by atoms with E-state index in [4.69, 9.17) is 58.2 Å². The van der Waals surface area contributed by atoms with Crippen molar-refractivity contribution < 1.29 is 74.9 Å². The Labute approximate surface area is 309 Å². The van der Waals surface area contributed by atoms with Crippen LogP contribution in [-0.4, -0.2) is 102 Å². The van der Waals surface area contributed by atoms with Gasteiger partial charge in [-0.05, 0) is 46.5 Å². The summed E-state index contributed by atoms with van der Waals surface area (Å²) < 4.78 is 82.4. The van der Waals surface area contributed by atoms with E-state index in [0.717, 1.165) is 19.2 Å². The molecule has 0 saturated carbocycles. The van der Waals surface area contributed by atoms with Crippen LogP contribution in [0.1, 0.15) is 68.5 Å². The van der Waals surface area contributed by atoms with Gasteiger partial charge < -0.3 is 44.6 Å². The molecule has 0 radical (unpaired) electrons. The highest BCUT2D eigenvalue weighted by atomic mass is 31.2. The monoisotopic (exact) mass is 800 g/mol. The fraction of sp³-hybridized carbons (Fsp3) is 0.742. The summed E-state index contributed by atoms with van der Waals surface area (Å²) >= 11 is 0. The number of H-pyrrole nitrogens is 1. The van der Waals surface area contributed by atoms with Crippen molar-refractivity contribution in [3.05, 3.63) is 33.1 Å². The van der Waals surface area contributed by atoms with Crippen molar-refractivity contribution in [3.8, 4) is 0 Å². The first-order valence-corrected chi connectivity index (χ1v) is 18.2. The maximum Gasteiger partial charge on any atom is 0.510 e. The molecule has 0 aromatic carbocycles. The molecule has 2 heterocycles. The summed E-state index contributed by atoms with van der Waals surface area (Å²) in [6, 6.07) is -1.73. The van der Waals surface area contributed by atoms with Gasteiger partial charge in [0.2, 0.25) is 13.6 Å². The van der Waals surface area contributed by atoms with E-state index in [0.29, 0.717) is 4.57 Å². The van der Waals surface area contributed by atoms with Gasteiger partial charge in [0.1, 0.15) is 18.8 Å². The largest absolute Gasteiger partial charge is 0.510 e. The van der Waals surface area contributed by atoms with E-state index >= 15 is 4.39 Å². The van der Waals surface area contributed by atoms with Gasteiger partial charge in [0, 0.05) is 12.3 Å². The highest BCUT2D eigenvalue weighted by molar-refractivity contribution is 7.48. The van der Waals surface area contributed by atoms with Crippen molar-refractivity contribution in [2.45, 2.75) is 110 Å². The number of nitrogens with two attached hydrogens (primary N) is 2. The van der Waals surface area contributed by atoms with Gasteiger partial charge in [-0.3, -0.25) is 28.5 Å². The van der Waals surface area contributed by atoms with Crippen molar-refractivity contribution in [1.29, 1.82) is 0 Å². The Balaban J connectivity index is 2.70. The molecule has 0 bridgehead atoms. The zero-order valence-corrected chi connectivity index (χ0v) is 32.4. The molecule has 1 aromatic rings. The third-order valence-corrected chi connectivity index (χ3v) is 8.90. The van der Waals surface area contributed by atoms with Gasteiger partial charge in [0.15, 0.2) is 23.5 Å². The number of rotatable bonds is 19. The molecule has 21 nitrogen and oxygen atoms in total. The lowest BCUT2D eigenvalue weighted by atomic mass is 9.87. The molecule has 2 unspecified atom stereocenters. The minimum absolute atomic E-state index is 0.512. The van der Waals surface area contributed by atoms with Crippen molar-refractivity contribution >= 4 is 32.1 Å². The summed E-state index contributed by atoms with van der Waals surface area (Å²) in [6.07, 6.45) is -6.83. The van der Waals surface area contributed by atoms with Gasteiger partial charge in [0.05, 0.1) is 18.8 Å². The summed E-state index contributed by atoms with van der Waals surface area (Å²) in [5.74, 6) is -3.30. The molecule has 2 rings (SSSR count). The van der Waals surface area contributed by atoms with E-state index in [-0.39, 0.29) is 0 Å². The summed E-state index contributed by atoms with van der Waals surface area (Å²) in [7, 11) is -5.13. The molecule has 54 heavy (non-hydrogen) atoms. The lowest BCUT2D eigenvalue weighted by molar-refractivity contribution is -0.192. The SMILES string of the molecule is CC(C)OC(=O)OCOP(=O)(OCOC(=O)OC(C)C)OC[C@@]1(CF)O[C@@H](n2ccc(=O)[nH]c2=O)[C@](C)(OC(=O)C(N)C(C)C)[C@@H]1OC(=O)C(N)C(C)C. The van der Waals surface area contributed by atoms with Crippen LogP contribution in [0, 0.1) is 11.8 Å². The first kappa shape index (κ1) is 46.2. The van der Waals surface area contributed by atoms with Crippen LogP contribution in [-0.2, 0) is 60.9 Å². The molecular weight excluding hydrogens is 750 g/mol. The Morgan fingerprint density at radius 3 is 1.83 bits per heavy atom. The van der Waals surface area contributed by atoms with Gasteiger partial charge >= 0.3 is 37.8 Å². The Bertz CT molecular complexity index is 1590. The lowest BCUT2D eigenvalue weighted by Crippen LogP contribution is -2.59. The molecule has 308 valence electrons. The van der Waals surface area contributed by atoms with Gasteiger partial charge in [-0.1, -0.05) is 27.7 Å². The van der Waals surface area contributed by atoms with Crippen LogP contribution in [0.5, 0.6) is 0 Å². The predicted octanol–water partition coefficient (Wildman–Crippen LogP) is 2.15. The number of hydrogen-bond donors (Lipinski definition) is 3. The number of aromatic amines is 1. The normalized spacial score (nSPS) is 22.6. The number of carbonyl (C=O) groups is 4. The Hall–Kier alpha value is -3.92. The second-order valence-corrected chi connectivity index (χ2v) is 15.2. The maximum absolute atomic E-state index is 15.7. The van der Waals surface area contributed by atoms with Crippen molar-refractivity contribution in [2.75, 3.05) is 26.9 Å². The third kappa shape index (κ3) is 12.3. The summed E-state index contributed by atoms with van der Waals surface area (Å²) in [4.78, 5) is 77.7. The molecular formula is C31H50FN4O17P. The molecule has 23 heteroatoms. The minimum Gasteiger partial charge on any atom is -0.453 e. The second-order valence-electron chi connectivity index (χ2n) is 13.5. The first-order valence-electron chi connectivity index (χ1n) is 16.7. The van der Waals surface area contributed by atoms with Crippen LogP contribution >= 0.6 is 7.82 Å². The predicted molar refractivity (Wildman–Crippen MR) is 181 cm³/mol. The molecule has 1 aliphatic rings. The van der Waals surface area contributed by atoms with Crippen molar-refractivity contribution in [2.24, 2.45) is 23.3 Å². The van der Waals surface area contributed by atoms with E-state index < -0.39 is 130 Å². The van der Waals surface area contributed by atoms with Gasteiger partial charge in [0.25, 0.3) is 5.56 Å². The molecule has 1 saturated heterocycles. The highest BCUT2D eigenvalue weighted by Gasteiger charge is 2.68. The molecule has 0 spiro atoms. The van der Waals surface area contributed by atoms with Gasteiger partial charge in [-0.2, -0.15) is 0 Å². The van der Waals surface area contributed by atoms with Crippen LogP contribution in [0.3, 0.4) is 0 Å². The summed E-state index contributed by atoms with van der Waals surface area (Å²) in [6.45, 7) is 8.28. The van der Waals surface area contributed by atoms with E-state index in [1.165, 1.54) is 27.7 Å². The molecule has 1 aromatic heterocycles. The van der Waals surface area contributed by atoms with E-state index in [2.05, 4.69) is 0 Å². The highest BCUT2D eigenvalue weighted by Crippen LogP contribution is 2.54. The average molecular weight is 801 g/mol. The van der Waals surface area contributed by atoms with Crippen LogP contribution in [0.15, 0.2) is 21.9 Å². The summed E-state index contributed by atoms with van der Waals surface area (Å²) in [5.41, 5.74) is 5.08. The topological polar surface area (TPSA) is 285 Å². The summed E-state index contributed by atoms with van der Waals surface area (Å²) in [5, 5.41) is 0. The number of aromatic nitrogens is 2. The number of phosphoric ester groups is 1. The number of esters is 2. The molecule has 6 atom stereocenters. The molecule has 1 aliphatic heterocycles. The van der Waals surface area contributed by atoms with Crippen LogP contribution in [0.25, 0.3) is 0 Å². The number of alkyl halides is 1. The Morgan fingerprint density at radius 1 is 0.889 bits per heavy atom. The molecule has 0 amide bonds. The molecule has 0 aliphatic carbocycles. The zero-order chi connectivity index (χ0) is 41.2. The minimum atomic E-state index is -5.13. The third-order valence-electron chi connectivity index (χ3n) is 7.61. The van der Waals surface area contributed by atoms with Crippen LogP contribution < -0.4 is 22.7 Å². The first-order chi connectivity index (χ1) is 25.0. The average Bonchev–Trinajstić information content (AvgIpc) is 3.29. The Morgan fingerprint density at radius 2 is 1.39 bits per heavy atom. The number of carbonyl (C=O) groups excluding carboxylic acids is 4. The fourth-order valence-corrected chi connectivity index (χ4v) is 5.59. The van der Waals surface area contributed by atoms with E-state index in [1.807, 2.05) is 4.98 Å². The Kier molecular flexibility index (Phi) is 16.8. The van der Waals surface area contributed by atoms with Gasteiger partial charge in [-0.15, -0.1) is 0 Å². The van der Waals surface area contributed by atoms with Crippen LogP contribution in [0.4, 0.5) is 14.0 Å². The smallest absolute Gasteiger partial charge is 0.453 e. The second kappa shape index (κ2) is 19.6. The number of nitrogens with zero attached hydrogens (tertiary/aromatic N) is 1. The maximum atomic E-state index is 15.7. The van der Waals surface area contributed by atoms with E-state index in [1.54, 1.807) is 27.7 Å². The van der Waals surface area contributed by atoms with Crippen molar-refractivity contribution in [1.82, 2.24) is 9.55 Å². The number of halogens is 1. The van der Waals surface area contributed by atoms with Gasteiger partial charge in [-0.25, -0.2) is 32.4 Å². The number of hydrogen-bond acceptors (Lipinski definition) is 19. The van der Waals surface area contributed by atoms with Crippen molar-refractivity contribution in [3.63, 3.8) is 0 Å². The number of ether oxygens (including phenoxy) is 7.